The van der Waals surface area contributed by atoms with Crippen molar-refractivity contribution in [1.29, 1.82) is 0 Å². The minimum Gasteiger partial charge on any atom is -0.479 e. The Labute approximate surface area is 467 Å². The summed E-state index contributed by atoms with van der Waals surface area (Å²) < 4.78 is 48.6. The molecule has 456 valence electrons. The summed E-state index contributed by atoms with van der Waals surface area (Å²) in [6.45, 7) is 19.0. The molecule has 0 amide bonds. The van der Waals surface area contributed by atoms with E-state index >= 15 is 0 Å². The highest BCUT2D eigenvalue weighted by atomic mass is 16.8. The van der Waals surface area contributed by atoms with Gasteiger partial charge in [-0.25, -0.2) is 9.59 Å². The Bertz CT molecular complexity index is 2330. The van der Waals surface area contributed by atoms with E-state index in [1.54, 1.807) is 26.8 Å². The van der Waals surface area contributed by atoms with Crippen LogP contribution in [0.15, 0.2) is 23.3 Å². The number of carboxylic acid groups (broad SMARTS) is 1. The molecule has 0 bridgehead atoms. The van der Waals surface area contributed by atoms with Crippen molar-refractivity contribution in [3.8, 4) is 0 Å². The number of carbonyl (C=O) groups is 3. The van der Waals surface area contributed by atoms with Crippen LogP contribution in [-0.2, 0) is 52.3 Å². The van der Waals surface area contributed by atoms with Gasteiger partial charge in [0.25, 0.3) is 0 Å². The zero-order valence-corrected chi connectivity index (χ0v) is 47.9. The van der Waals surface area contributed by atoms with Gasteiger partial charge < -0.3 is 99.2 Å². The van der Waals surface area contributed by atoms with Gasteiger partial charge in [0.05, 0.1) is 42.9 Å². The van der Waals surface area contributed by atoms with Gasteiger partial charge in [0.1, 0.15) is 79.9 Å². The Kier molecular flexibility index (Phi) is 18.1. The third kappa shape index (κ3) is 9.93. The largest absolute Gasteiger partial charge is 0.479 e. The lowest BCUT2D eigenvalue weighted by atomic mass is 9.32. The molecule has 23 heteroatoms. The van der Waals surface area contributed by atoms with Crippen LogP contribution in [0.3, 0.4) is 0 Å². The molecular formula is C57H90O23. The highest BCUT2D eigenvalue weighted by Gasteiger charge is 2.76. The van der Waals surface area contributed by atoms with Crippen molar-refractivity contribution >= 4 is 17.9 Å². The SMILES string of the molecule is CC=C(C)C(=O)O[C@H]1[C@H](O)[C@@]2(COC(=O)C(C)CC)C(CC1(C)C)C1=CCC3[C@@]4(C)CC[C@H](O[C@@H]5OC(C(=O)O)[C@@H](O)[C@@H](O[C@@H]6O[C@@H](CO)[C@@H](O)C6O)C5O[C@@H]5OC(CO)[C@H](O)[C@@H](O)C5O)C(C)(C)C4CC[C@@]3(C)[C@]1(C)[C@@H](O)[C@H]2O. The zero-order valence-electron chi connectivity index (χ0n) is 47.9. The van der Waals surface area contributed by atoms with Crippen LogP contribution in [0.25, 0.3) is 0 Å². The van der Waals surface area contributed by atoms with Crippen LogP contribution < -0.4 is 0 Å². The first kappa shape index (κ1) is 63.2. The highest BCUT2D eigenvalue weighted by Crippen LogP contribution is 2.76. The zero-order chi connectivity index (χ0) is 59.3. The molecule has 3 heterocycles. The van der Waals surface area contributed by atoms with Crippen LogP contribution in [0.2, 0.25) is 0 Å². The average molecular weight is 1140 g/mol. The minimum atomic E-state index is -2.12. The summed E-state index contributed by atoms with van der Waals surface area (Å²) >= 11 is 0. The monoisotopic (exact) mass is 1140 g/mol. The molecule has 3 aliphatic heterocycles. The number of esters is 2. The molecule has 27 atom stereocenters. The Morgan fingerprint density at radius 1 is 0.725 bits per heavy atom. The van der Waals surface area contributed by atoms with Crippen LogP contribution in [-0.4, -0.2) is 216 Å². The lowest BCUT2D eigenvalue weighted by Crippen LogP contribution is -2.76. The van der Waals surface area contributed by atoms with Crippen molar-refractivity contribution in [2.75, 3.05) is 19.8 Å². The lowest BCUT2D eigenvalue weighted by Gasteiger charge is -2.73. The second-order valence-electron chi connectivity index (χ2n) is 26.4. The second-order valence-corrected chi connectivity index (χ2v) is 26.4. The normalized spacial score (nSPS) is 49.2. The van der Waals surface area contributed by atoms with Crippen LogP contribution in [0.4, 0.5) is 0 Å². The van der Waals surface area contributed by atoms with E-state index in [4.69, 9.17) is 37.9 Å². The standard InChI is InChI=1S/C57H90O23/c1-12-24(3)47(71)73-23-57-27(20-52(5,6)45(44(57)68)80-48(72)25(4)13-2)26-14-15-31-54(9)18-17-32(53(7,8)30(54)16-19-55(31,10)56(26,11)42(66)43(57)67)76-51-41(79-50-37(64)35(62)33(60)28(21-58)74-50)39(38(65)40(78-51)46(69)70)77-49-36(63)34(61)29(22-59)75-49/h13-14,24,27-45,49-51,58-68H,12,15-23H2,1-11H3,(H,69,70)/t24?,27?,28?,29-,30?,31?,32-,33-,34+,35+,36?,37?,38-,39+,40?,41?,42-,43+,44-,45-,49-,50-,51+,54-,55+,56-,57-/m0/s1. The number of allylic oxidation sites excluding steroid dienone is 2. The summed E-state index contributed by atoms with van der Waals surface area (Å²) in [7, 11) is 0. The van der Waals surface area contributed by atoms with Gasteiger partial charge in [0.15, 0.2) is 25.0 Å². The minimum absolute atomic E-state index is 0.146. The maximum Gasteiger partial charge on any atom is 0.335 e. The summed E-state index contributed by atoms with van der Waals surface area (Å²) in [5.41, 5.74) is -4.55. The third-order valence-corrected chi connectivity index (χ3v) is 21.6. The van der Waals surface area contributed by atoms with E-state index in [0.717, 1.165) is 5.57 Å². The maximum atomic E-state index is 13.5. The van der Waals surface area contributed by atoms with Crippen molar-refractivity contribution in [3.05, 3.63) is 23.3 Å². The Morgan fingerprint density at radius 2 is 1.31 bits per heavy atom. The number of fused-ring (bicyclic) bond motifs is 7. The molecular weight excluding hydrogens is 1050 g/mol. The smallest absolute Gasteiger partial charge is 0.335 e. The number of hydrogen-bond donors (Lipinski definition) is 12. The molecule has 5 aliphatic carbocycles. The first-order valence-corrected chi connectivity index (χ1v) is 28.5. The summed E-state index contributed by atoms with van der Waals surface area (Å²) in [5, 5.41) is 135. The third-order valence-electron chi connectivity index (χ3n) is 21.6. The van der Waals surface area contributed by atoms with E-state index in [1.165, 1.54) is 0 Å². The van der Waals surface area contributed by atoms with Crippen LogP contribution in [0, 0.1) is 56.2 Å². The van der Waals surface area contributed by atoms with Gasteiger partial charge in [-0.2, -0.15) is 0 Å². The fourth-order valence-corrected chi connectivity index (χ4v) is 16.3. The van der Waals surface area contributed by atoms with E-state index in [0.29, 0.717) is 50.5 Å². The lowest BCUT2D eigenvalue weighted by molar-refractivity contribution is -0.386. The summed E-state index contributed by atoms with van der Waals surface area (Å²) in [6, 6.07) is 0. The Hall–Kier alpha value is -2.79. The van der Waals surface area contributed by atoms with E-state index in [2.05, 4.69) is 19.9 Å². The highest BCUT2D eigenvalue weighted by molar-refractivity contribution is 5.87. The molecule has 12 N–H and O–H groups in total. The predicted octanol–water partition coefficient (Wildman–Crippen LogP) is 0.343. The van der Waals surface area contributed by atoms with E-state index < -0.39 is 199 Å². The van der Waals surface area contributed by atoms with Crippen molar-refractivity contribution in [3.63, 3.8) is 0 Å². The van der Waals surface area contributed by atoms with Gasteiger partial charge in [-0.1, -0.05) is 80.0 Å². The number of aliphatic hydroxyl groups is 11. The van der Waals surface area contributed by atoms with E-state index in [-0.39, 0.29) is 11.8 Å². The number of aliphatic carboxylic acids is 1. The number of carbonyl (C=O) groups excluding carboxylic acids is 2. The number of rotatable bonds is 15. The maximum absolute atomic E-state index is 13.5. The number of ether oxygens (including phenoxy) is 8. The van der Waals surface area contributed by atoms with Crippen molar-refractivity contribution in [1.82, 2.24) is 0 Å². The van der Waals surface area contributed by atoms with Gasteiger partial charge in [0, 0.05) is 16.4 Å². The molecule has 8 aliphatic rings. The number of hydrogen-bond acceptors (Lipinski definition) is 22. The van der Waals surface area contributed by atoms with Crippen molar-refractivity contribution in [2.45, 2.75) is 238 Å². The van der Waals surface area contributed by atoms with Gasteiger partial charge in [0.2, 0.25) is 0 Å². The van der Waals surface area contributed by atoms with Gasteiger partial charge >= 0.3 is 17.9 Å². The summed E-state index contributed by atoms with van der Waals surface area (Å²) in [6.07, 6.45) is -25.1. The Morgan fingerprint density at radius 3 is 1.89 bits per heavy atom. The molecule has 3 saturated heterocycles. The summed E-state index contributed by atoms with van der Waals surface area (Å²) in [5.74, 6) is -4.27. The topological polar surface area (TPSA) is 368 Å². The fraction of sp³-hybridized carbons (Fsp3) is 0.877. The molecule has 0 aromatic rings. The molecule has 23 nitrogen and oxygen atoms in total. The van der Waals surface area contributed by atoms with E-state index in [1.807, 2.05) is 41.5 Å². The van der Waals surface area contributed by atoms with Crippen molar-refractivity contribution < 1.29 is 114 Å². The van der Waals surface area contributed by atoms with Gasteiger partial charge in [-0.15, -0.1) is 0 Å². The molecule has 0 radical (unpaired) electrons. The van der Waals surface area contributed by atoms with Crippen LogP contribution in [0.1, 0.15) is 121 Å². The molecule has 4 saturated carbocycles. The average Bonchev–Trinajstić information content (AvgIpc) is 1.93. The molecule has 0 aromatic heterocycles. The molecule has 7 fully saturated rings. The molecule has 8 rings (SSSR count). The second kappa shape index (κ2) is 22.9. The van der Waals surface area contributed by atoms with Crippen molar-refractivity contribution in [2.24, 2.45) is 56.2 Å². The van der Waals surface area contributed by atoms with Crippen LogP contribution in [0.5, 0.6) is 0 Å². The Balaban J connectivity index is 1.13. The van der Waals surface area contributed by atoms with Gasteiger partial charge in [-0.05, 0) is 92.8 Å². The fourth-order valence-electron chi connectivity index (χ4n) is 16.3. The molecule has 0 aromatic carbocycles. The molecule has 9 unspecified atom stereocenters. The molecule has 80 heavy (non-hydrogen) atoms. The first-order chi connectivity index (χ1) is 37.3. The quantitative estimate of drug-likeness (QED) is 0.0455. The van der Waals surface area contributed by atoms with Gasteiger partial charge in [-0.3, -0.25) is 4.79 Å². The predicted molar refractivity (Wildman–Crippen MR) is 277 cm³/mol. The van der Waals surface area contributed by atoms with E-state index in [9.17, 15) is 75.7 Å². The number of aliphatic hydroxyl groups excluding tert-OH is 11. The first-order valence-electron chi connectivity index (χ1n) is 28.5. The number of carboxylic acids is 1. The molecule has 0 spiro atoms. The summed E-state index contributed by atoms with van der Waals surface area (Å²) in [4.78, 5) is 39.8. The van der Waals surface area contributed by atoms with Crippen LogP contribution >= 0.6 is 0 Å².